The van der Waals surface area contributed by atoms with Crippen LogP contribution in [0.25, 0.3) is 45.4 Å². The van der Waals surface area contributed by atoms with Crippen LogP contribution < -0.4 is 0 Å². The minimum atomic E-state index is 0.175. The fourth-order valence-corrected chi connectivity index (χ4v) is 6.80. The monoisotopic (exact) mass is 588 g/mol. The van der Waals surface area contributed by atoms with E-state index in [2.05, 4.69) is 63.4 Å². The lowest BCUT2D eigenvalue weighted by Crippen LogP contribution is -2.28. The Morgan fingerprint density at radius 3 is 1.82 bits per heavy atom. The Morgan fingerprint density at radius 1 is 0.667 bits per heavy atom. The molecule has 1 fully saturated rings. The first-order chi connectivity index (χ1) is 21.9. The number of hydrogen-bond donors (Lipinski definition) is 0. The standard InChI is InChI=1S/C39H36N6/c1-4-39(21-26(2)11-12-27(3)22-39)34-17-18-35(42-25-34)31-8-6-10-33(20-31)38-44-36(30-15-13-28(23-40)14-16-30)43-37(45-38)32-9-5-7-29(19-32)24-41/h5-10,13-20,25-27H,4,11-12,21-22H2,1-3H3/t26-,27?,39?/m0/s1. The zero-order valence-corrected chi connectivity index (χ0v) is 26.0. The summed E-state index contributed by atoms with van der Waals surface area (Å²) in [6.45, 7) is 7.12. The van der Waals surface area contributed by atoms with Gasteiger partial charge in [-0.1, -0.05) is 70.0 Å². The maximum Gasteiger partial charge on any atom is 0.164 e. The summed E-state index contributed by atoms with van der Waals surface area (Å²) >= 11 is 0. The number of aromatic nitrogens is 4. The van der Waals surface area contributed by atoms with Crippen molar-refractivity contribution in [3.63, 3.8) is 0 Å². The minimum absolute atomic E-state index is 0.175. The Hall–Kier alpha value is -5.20. The van der Waals surface area contributed by atoms with Gasteiger partial charge in [-0.05, 0) is 90.6 Å². The van der Waals surface area contributed by atoms with Gasteiger partial charge in [0.15, 0.2) is 17.5 Å². The van der Waals surface area contributed by atoms with E-state index in [1.165, 1.54) is 31.2 Å². The number of rotatable bonds is 6. The summed E-state index contributed by atoms with van der Waals surface area (Å²) in [5.41, 5.74) is 6.85. The number of pyridine rings is 1. The highest BCUT2D eigenvalue weighted by molar-refractivity contribution is 5.71. The SMILES string of the molecule is CCC1(c2ccc(-c3cccc(-c4nc(-c5ccc(C#N)cc5)nc(-c5cccc(C#N)c5)n4)c3)nc2)CC(C)CC[C@H](C)C1. The average Bonchev–Trinajstić information content (AvgIpc) is 3.25. The first-order valence-corrected chi connectivity index (χ1v) is 15.7. The molecule has 45 heavy (non-hydrogen) atoms. The number of benzene rings is 3. The van der Waals surface area contributed by atoms with Crippen LogP contribution in [-0.4, -0.2) is 19.9 Å². The lowest BCUT2D eigenvalue weighted by molar-refractivity contribution is 0.294. The van der Waals surface area contributed by atoms with Gasteiger partial charge >= 0.3 is 0 Å². The lowest BCUT2D eigenvalue weighted by Gasteiger charge is -2.35. The van der Waals surface area contributed by atoms with Crippen molar-refractivity contribution in [1.29, 1.82) is 10.5 Å². The molecule has 5 aromatic rings. The molecule has 2 unspecified atom stereocenters. The van der Waals surface area contributed by atoms with Crippen molar-refractivity contribution < 1.29 is 0 Å². The van der Waals surface area contributed by atoms with Crippen molar-refractivity contribution in [2.75, 3.05) is 0 Å². The van der Waals surface area contributed by atoms with Gasteiger partial charge in [0.25, 0.3) is 0 Å². The topological polar surface area (TPSA) is 99.1 Å². The van der Waals surface area contributed by atoms with Crippen LogP contribution in [0.3, 0.4) is 0 Å². The van der Waals surface area contributed by atoms with Gasteiger partial charge in [-0.15, -0.1) is 0 Å². The molecule has 0 bridgehead atoms. The second kappa shape index (κ2) is 12.8. The van der Waals surface area contributed by atoms with E-state index >= 15 is 0 Å². The van der Waals surface area contributed by atoms with E-state index in [0.29, 0.717) is 40.4 Å². The molecule has 0 radical (unpaired) electrons. The van der Waals surface area contributed by atoms with Crippen LogP contribution in [0.2, 0.25) is 0 Å². The summed E-state index contributed by atoms with van der Waals surface area (Å²) in [5, 5.41) is 18.8. The van der Waals surface area contributed by atoms with Crippen molar-refractivity contribution in [2.45, 2.75) is 58.3 Å². The van der Waals surface area contributed by atoms with Crippen LogP contribution in [0.1, 0.15) is 69.6 Å². The molecule has 1 saturated carbocycles. The molecule has 1 aliphatic rings. The van der Waals surface area contributed by atoms with Crippen LogP contribution in [0.15, 0.2) is 91.1 Å². The van der Waals surface area contributed by atoms with Gasteiger partial charge in [-0.2, -0.15) is 10.5 Å². The molecule has 6 nitrogen and oxygen atoms in total. The normalized spacial score (nSPS) is 19.7. The Balaban J connectivity index is 1.39. The van der Waals surface area contributed by atoms with Gasteiger partial charge in [0.1, 0.15) is 0 Å². The van der Waals surface area contributed by atoms with Crippen LogP contribution in [0.5, 0.6) is 0 Å². The van der Waals surface area contributed by atoms with Crippen LogP contribution in [-0.2, 0) is 5.41 Å². The zero-order valence-electron chi connectivity index (χ0n) is 26.0. The van der Waals surface area contributed by atoms with E-state index in [0.717, 1.165) is 34.4 Å². The molecule has 2 heterocycles. The van der Waals surface area contributed by atoms with E-state index in [9.17, 15) is 10.5 Å². The summed E-state index contributed by atoms with van der Waals surface area (Å²) < 4.78 is 0. The molecule has 222 valence electrons. The average molecular weight is 589 g/mol. The predicted molar refractivity (Wildman–Crippen MR) is 178 cm³/mol. The highest BCUT2D eigenvalue weighted by Gasteiger charge is 2.36. The Kier molecular flexibility index (Phi) is 8.49. The van der Waals surface area contributed by atoms with Crippen molar-refractivity contribution in [2.24, 2.45) is 11.8 Å². The third-order valence-corrected chi connectivity index (χ3v) is 9.26. The molecule has 0 spiro atoms. The summed E-state index contributed by atoms with van der Waals surface area (Å²) in [6.07, 6.45) is 8.25. The predicted octanol–water partition coefficient (Wildman–Crippen LogP) is 9.17. The molecule has 0 saturated heterocycles. The van der Waals surface area contributed by atoms with Crippen molar-refractivity contribution >= 4 is 0 Å². The summed E-state index contributed by atoms with van der Waals surface area (Å²) in [5.74, 6) is 2.92. The third-order valence-electron chi connectivity index (χ3n) is 9.26. The summed E-state index contributed by atoms with van der Waals surface area (Å²) in [6, 6.07) is 31.4. The Morgan fingerprint density at radius 2 is 1.24 bits per heavy atom. The van der Waals surface area contributed by atoms with E-state index in [-0.39, 0.29) is 5.41 Å². The lowest BCUT2D eigenvalue weighted by atomic mass is 9.69. The van der Waals surface area contributed by atoms with E-state index in [1.54, 1.807) is 24.3 Å². The largest absolute Gasteiger partial charge is 0.256 e. The molecule has 6 heteroatoms. The molecule has 0 amide bonds. The molecular formula is C39H36N6. The van der Waals surface area contributed by atoms with E-state index in [1.807, 2.05) is 36.4 Å². The first kappa shape index (κ1) is 29.9. The van der Waals surface area contributed by atoms with Gasteiger partial charge in [-0.3, -0.25) is 4.98 Å². The smallest absolute Gasteiger partial charge is 0.164 e. The Labute approximate surface area is 265 Å². The molecule has 0 aliphatic heterocycles. The first-order valence-electron chi connectivity index (χ1n) is 15.7. The van der Waals surface area contributed by atoms with E-state index < -0.39 is 0 Å². The van der Waals surface area contributed by atoms with Gasteiger partial charge in [0, 0.05) is 28.5 Å². The van der Waals surface area contributed by atoms with Gasteiger partial charge < -0.3 is 0 Å². The van der Waals surface area contributed by atoms with Gasteiger partial charge in [-0.25, -0.2) is 15.0 Å². The quantitative estimate of drug-likeness (QED) is 0.183. The molecule has 3 aromatic carbocycles. The minimum Gasteiger partial charge on any atom is -0.256 e. The van der Waals surface area contributed by atoms with Gasteiger partial charge in [0.2, 0.25) is 0 Å². The van der Waals surface area contributed by atoms with E-state index in [4.69, 9.17) is 19.9 Å². The van der Waals surface area contributed by atoms with Crippen molar-refractivity contribution in [3.05, 3.63) is 108 Å². The Bertz CT molecular complexity index is 1880. The number of nitriles is 2. The molecule has 1 aliphatic carbocycles. The fourth-order valence-electron chi connectivity index (χ4n) is 6.80. The van der Waals surface area contributed by atoms with Crippen LogP contribution >= 0.6 is 0 Å². The van der Waals surface area contributed by atoms with Gasteiger partial charge in [0.05, 0.1) is 29.0 Å². The van der Waals surface area contributed by atoms with Crippen LogP contribution in [0, 0.1) is 34.5 Å². The third kappa shape index (κ3) is 6.37. The second-order valence-corrected chi connectivity index (χ2v) is 12.5. The van der Waals surface area contributed by atoms with Crippen molar-refractivity contribution in [3.8, 4) is 57.6 Å². The number of nitrogens with zero attached hydrogens (tertiary/aromatic N) is 6. The maximum atomic E-state index is 9.48. The molecule has 2 aromatic heterocycles. The summed E-state index contributed by atoms with van der Waals surface area (Å²) in [7, 11) is 0. The molecule has 0 N–H and O–H groups in total. The molecule has 6 rings (SSSR count). The summed E-state index contributed by atoms with van der Waals surface area (Å²) in [4.78, 5) is 19.5. The number of hydrogen-bond acceptors (Lipinski definition) is 6. The zero-order chi connectivity index (χ0) is 31.4. The molecule has 3 atom stereocenters. The second-order valence-electron chi connectivity index (χ2n) is 12.5. The van der Waals surface area contributed by atoms with Crippen molar-refractivity contribution in [1.82, 2.24) is 19.9 Å². The highest BCUT2D eigenvalue weighted by atomic mass is 15.0. The maximum absolute atomic E-state index is 9.48. The molecular weight excluding hydrogens is 552 g/mol. The fraction of sp³-hybridized carbons (Fsp3) is 0.282. The highest BCUT2D eigenvalue weighted by Crippen LogP contribution is 2.45. The van der Waals surface area contributed by atoms with Crippen LogP contribution in [0.4, 0.5) is 0 Å².